The van der Waals surface area contributed by atoms with Crippen molar-refractivity contribution in [3.05, 3.63) is 53.6 Å². The number of rotatable bonds is 3. The highest BCUT2D eigenvalue weighted by Crippen LogP contribution is 2.28. The molecule has 0 amide bonds. The molecule has 4 heteroatoms. The Morgan fingerprint density at radius 3 is 2.82 bits per heavy atom. The van der Waals surface area contributed by atoms with E-state index >= 15 is 0 Å². The van der Waals surface area contributed by atoms with Crippen molar-refractivity contribution in [1.82, 2.24) is 4.98 Å². The van der Waals surface area contributed by atoms with E-state index in [4.69, 9.17) is 4.74 Å². The lowest BCUT2D eigenvalue weighted by molar-refractivity contribution is 0.112. The normalized spacial score (nSPS) is 10.0. The van der Waals surface area contributed by atoms with E-state index in [9.17, 15) is 9.18 Å². The lowest BCUT2D eigenvalue weighted by Gasteiger charge is -2.10. The Balaban J connectivity index is 2.43. The molecule has 86 valence electrons. The quantitative estimate of drug-likeness (QED) is 0.762. The number of aryl methyl sites for hydroxylation is 1. The summed E-state index contributed by atoms with van der Waals surface area (Å²) in [5, 5.41) is 0. The van der Waals surface area contributed by atoms with Crippen molar-refractivity contribution < 1.29 is 13.9 Å². The zero-order valence-corrected chi connectivity index (χ0v) is 9.18. The van der Waals surface area contributed by atoms with Gasteiger partial charge in [-0.25, -0.2) is 4.39 Å². The maximum Gasteiger partial charge on any atom is 0.173 e. The van der Waals surface area contributed by atoms with E-state index in [1.807, 2.05) is 0 Å². The van der Waals surface area contributed by atoms with Crippen LogP contribution < -0.4 is 4.74 Å². The first kappa shape index (κ1) is 11.3. The molecule has 2 rings (SSSR count). The Hall–Kier alpha value is -2.23. The lowest BCUT2D eigenvalue weighted by Crippen LogP contribution is -1.96. The van der Waals surface area contributed by atoms with E-state index in [1.54, 1.807) is 25.3 Å². The van der Waals surface area contributed by atoms with E-state index in [0.29, 0.717) is 17.7 Å². The first-order valence-electron chi connectivity index (χ1n) is 5.05. The number of pyridine rings is 1. The molecule has 0 N–H and O–H groups in total. The maximum atomic E-state index is 13.6. The van der Waals surface area contributed by atoms with Crippen LogP contribution >= 0.6 is 0 Å². The number of benzene rings is 1. The fraction of sp³-hybridized carbons (Fsp3) is 0.0769. The second-order valence-electron chi connectivity index (χ2n) is 3.47. The Kier molecular flexibility index (Phi) is 3.14. The Bertz CT molecular complexity index is 555. The number of ether oxygens (including phenoxy) is 1. The Morgan fingerprint density at radius 2 is 2.12 bits per heavy atom. The smallest absolute Gasteiger partial charge is 0.173 e. The second kappa shape index (κ2) is 4.74. The number of halogens is 1. The minimum absolute atomic E-state index is 0.0707. The minimum atomic E-state index is -0.571. The van der Waals surface area contributed by atoms with Crippen LogP contribution in [-0.4, -0.2) is 11.3 Å². The molecule has 17 heavy (non-hydrogen) atoms. The maximum absolute atomic E-state index is 13.6. The molecule has 0 radical (unpaired) electrons. The molecule has 1 heterocycles. The minimum Gasteiger partial charge on any atom is -0.452 e. The van der Waals surface area contributed by atoms with Crippen molar-refractivity contribution in [3.63, 3.8) is 0 Å². The van der Waals surface area contributed by atoms with Gasteiger partial charge >= 0.3 is 0 Å². The fourth-order valence-corrected chi connectivity index (χ4v) is 1.41. The van der Waals surface area contributed by atoms with Crippen LogP contribution in [0.1, 0.15) is 16.1 Å². The standard InChI is InChI=1S/C13H10FNO2/c1-9-12(6-3-7-15-9)17-13-10(8-16)4-2-5-11(13)14/h2-8H,1H3. The number of hydrogen-bond acceptors (Lipinski definition) is 3. The van der Waals surface area contributed by atoms with Crippen molar-refractivity contribution in [2.24, 2.45) is 0 Å². The van der Waals surface area contributed by atoms with Crippen LogP contribution in [0.25, 0.3) is 0 Å². The number of aromatic nitrogens is 1. The zero-order valence-electron chi connectivity index (χ0n) is 9.18. The molecular weight excluding hydrogens is 221 g/mol. The molecule has 1 aromatic carbocycles. The Labute approximate surface area is 97.9 Å². The van der Waals surface area contributed by atoms with Gasteiger partial charge in [-0.2, -0.15) is 0 Å². The van der Waals surface area contributed by atoms with Gasteiger partial charge in [0.1, 0.15) is 5.75 Å². The van der Waals surface area contributed by atoms with Crippen molar-refractivity contribution >= 4 is 6.29 Å². The largest absolute Gasteiger partial charge is 0.452 e. The van der Waals surface area contributed by atoms with E-state index in [-0.39, 0.29) is 11.3 Å². The number of carbonyl (C=O) groups excluding carboxylic acids is 1. The summed E-state index contributed by atoms with van der Waals surface area (Å²) < 4.78 is 18.9. The molecule has 1 aromatic heterocycles. The summed E-state index contributed by atoms with van der Waals surface area (Å²) >= 11 is 0. The van der Waals surface area contributed by atoms with Gasteiger partial charge in [0.25, 0.3) is 0 Å². The molecule has 2 aromatic rings. The molecule has 0 unspecified atom stereocenters. The van der Waals surface area contributed by atoms with Gasteiger partial charge in [-0.05, 0) is 31.2 Å². The summed E-state index contributed by atoms with van der Waals surface area (Å²) in [5.74, 6) is -0.211. The third-order valence-corrected chi connectivity index (χ3v) is 2.29. The van der Waals surface area contributed by atoms with Crippen molar-refractivity contribution in [2.75, 3.05) is 0 Å². The van der Waals surface area contributed by atoms with Gasteiger partial charge in [0.15, 0.2) is 17.9 Å². The molecule has 3 nitrogen and oxygen atoms in total. The molecule has 0 aliphatic carbocycles. The molecule has 0 saturated heterocycles. The summed E-state index contributed by atoms with van der Waals surface area (Å²) in [4.78, 5) is 14.8. The molecule has 0 aliphatic rings. The molecule has 0 aliphatic heterocycles. The van der Waals surface area contributed by atoms with Crippen LogP contribution in [0.15, 0.2) is 36.5 Å². The molecule has 0 saturated carbocycles. The van der Waals surface area contributed by atoms with Crippen molar-refractivity contribution in [1.29, 1.82) is 0 Å². The summed E-state index contributed by atoms with van der Waals surface area (Å²) in [6.07, 6.45) is 2.17. The van der Waals surface area contributed by atoms with Crippen LogP contribution in [0.2, 0.25) is 0 Å². The molecule has 0 spiro atoms. The third kappa shape index (κ3) is 2.30. The van der Waals surface area contributed by atoms with E-state index < -0.39 is 5.82 Å². The highest BCUT2D eigenvalue weighted by molar-refractivity contribution is 5.79. The van der Waals surface area contributed by atoms with Crippen molar-refractivity contribution in [2.45, 2.75) is 6.92 Å². The van der Waals surface area contributed by atoms with E-state index in [2.05, 4.69) is 4.98 Å². The highest BCUT2D eigenvalue weighted by Gasteiger charge is 2.11. The highest BCUT2D eigenvalue weighted by atomic mass is 19.1. The van der Waals surface area contributed by atoms with Crippen LogP contribution in [0, 0.1) is 12.7 Å². The number of para-hydroxylation sites is 1. The van der Waals surface area contributed by atoms with Crippen LogP contribution in [0.4, 0.5) is 4.39 Å². The first-order chi connectivity index (χ1) is 8.22. The van der Waals surface area contributed by atoms with Crippen LogP contribution in [0.5, 0.6) is 11.5 Å². The predicted molar refractivity (Wildman–Crippen MR) is 60.8 cm³/mol. The van der Waals surface area contributed by atoms with E-state index in [0.717, 1.165) is 0 Å². The molecule has 0 fully saturated rings. The fourth-order valence-electron chi connectivity index (χ4n) is 1.41. The average molecular weight is 231 g/mol. The van der Waals surface area contributed by atoms with Crippen LogP contribution in [0.3, 0.4) is 0 Å². The second-order valence-corrected chi connectivity index (χ2v) is 3.47. The summed E-state index contributed by atoms with van der Waals surface area (Å²) in [6, 6.07) is 7.56. The van der Waals surface area contributed by atoms with Gasteiger partial charge in [0, 0.05) is 6.20 Å². The summed E-state index contributed by atoms with van der Waals surface area (Å²) in [7, 11) is 0. The average Bonchev–Trinajstić information content (AvgIpc) is 2.34. The number of aldehydes is 1. The first-order valence-corrected chi connectivity index (χ1v) is 5.05. The third-order valence-electron chi connectivity index (χ3n) is 2.29. The van der Waals surface area contributed by atoms with Gasteiger partial charge in [0.2, 0.25) is 0 Å². The Morgan fingerprint density at radius 1 is 1.29 bits per heavy atom. The van der Waals surface area contributed by atoms with Gasteiger partial charge in [-0.1, -0.05) is 6.07 Å². The van der Waals surface area contributed by atoms with Gasteiger partial charge < -0.3 is 4.74 Å². The molecule has 0 bridgehead atoms. The van der Waals surface area contributed by atoms with E-state index in [1.165, 1.54) is 18.2 Å². The van der Waals surface area contributed by atoms with Gasteiger partial charge in [-0.15, -0.1) is 0 Å². The SMILES string of the molecule is Cc1ncccc1Oc1c(F)cccc1C=O. The molecular formula is C13H10FNO2. The van der Waals surface area contributed by atoms with Crippen LogP contribution in [-0.2, 0) is 0 Å². The number of nitrogens with zero attached hydrogens (tertiary/aromatic N) is 1. The monoisotopic (exact) mass is 231 g/mol. The predicted octanol–water partition coefficient (Wildman–Crippen LogP) is 3.13. The topological polar surface area (TPSA) is 39.2 Å². The lowest BCUT2D eigenvalue weighted by atomic mass is 10.2. The number of carbonyl (C=O) groups is 1. The summed E-state index contributed by atoms with van der Waals surface area (Å²) in [6.45, 7) is 1.75. The van der Waals surface area contributed by atoms with Gasteiger partial charge in [-0.3, -0.25) is 9.78 Å². The zero-order chi connectivity index (χ0) is 12.3. The number of hydrogen-bond donors (Lipinski definition) is 0. The van der Waals surface area contributed by atoms with Crippen molar-refractivity contribution in [3.8, 4) is 11.5 Å². The summed E-state index contributed by atoms with van der Waals surface area (Å²) in [5.41, 5.74) is 0.806. The molecule has 0 atom stereocenters. The van der Waals surface area contributed by atoms with Gasteiger partial charge in [0.05, 0.1) is 11.3 Å².